The summed E-state index contributed by atoms with van der Waals surface area (Å²) in [7, 11) is 0. The van der Waals surface area contributed by atoms with Crippen molar-refractivity contribution in [1.82, 2.24) is 14.9 Å². The lowest BCUT2D eigenvalue weighted by Crippen LogP contribution is -2.67. The van der Waals surface area contributed by atoms with Gasteiger partial charge in [-0.15, -0.1) is 0 Å². The number of rotatable bonds is 4. The molecule has 1 aromatic carbocycles. The highest BCUT2D eigenvalue weighted by Gasteiger charge is 2.73. The van der Waals surface area contributed by atoms with Gasteiger partial charge in [-0.2, -0.15) is 0 Å². The second-order valence-corrected chi connectivity index (χ2v) is 20.4. The molecule has 2 aromatic rings. The summed E-state index contributed by atoms with van der Waals surface area (Å²) < 4.78 is 14.1. The third-order valence-electron chi connectivity index (χ3n) is 18.3. The Bertz CT molecular complexity index is 1680. The Hall–Kier alpha value is -2.21. The molecule has 6 heteroatoms. The topological polar surface area (TPSA) is 69.2 Å². The van der Waals surface area contributed by atoms with E-state index < -0.39 is 0 Å². The summed E-state index contributed by atoms with van der Waals surface area (Å²) in [6, 6.07) is 6.63. The molecule has 11 atom stereocenters. The summed E-state index contributed by atoms with van der Waals surface area (Å²) in [6.45, 7) is 16.1. The molecule has 5 nitrogen and oxygen atoms in total. The summed E-state index contributed by atoms with van der Waals surface area (Å²) in [5.41, 5.74) is 2.43. The molecule has 1 amide bonds. The largest absolute Gasteiger partial charge is 0.393 e. The van der Waals surface area contributed by atoms with E-state index in [0.717, 1.165) is 68.6 Å². The van der Waals surface area contributed by atoms with Gasteiger partial charge in [-0.25, -0.2) is 9.37 Å². The van der Waals surface area contributed by atoms with E-state index in [0.29, 0.717) is 40.9 Å². The minimum absolute atomic E-state index is 0.0321. The third kappa shape index (κ3) is 4.38. The van der Waals surface area contributed by atoms with E-state index >= 15 is 4.79 Å². The quantitative estimate of drug-likeness (QED) is 0.337. The van der Waals surface area contributed by atoms with Crippen LogP contribution in [0.5, 0.6) is 0 Å². The number of aliphatic hydroxyl groups excluding tert-OH is 1. The van der Waals surface area contributed by atoms with Gasteiger partial charge in [0, 0.05) is 12.1 Å². The number of aromatic nitrogens is 2. The van der Waals surface area contributed by atoms with Gasteiger partial charge in [0.1, 0.15) is 11.6 Å². The number of likely N-dealkylation sites (tertiary alicyclic amines) is 1. The lowest BCUT2D eigenvalue weighted by molar-refractivity contribution is -0.249. The van der Waals surface area contributed by atoms with Crippen molar-refractivity contribution >= 4 is 5.91 Å². The molecule has 7 fully saturated rings. The van der Waals surface area contributed by atoms with E-state index in [1.165, 1.54) is 51.0 Å². The van der Waals surface area contributed by atoms with E-state index in [-0.39, 0.29) is 45.0 Å². The van der Waals surface area contributed by atoms with E-state index in [1.54, 1.807) is 12.1 Å². The Labute approximate surface area is 300 Å². The maximum atomic E-state index is 15.5. The van der Waals surface area contributed by atoms with Crippen LogP contribution in [-0.4, -0.2) is 38.5 Å². The average Bonchev–Trinajstić information content (AvgIpc) is 3.48. The van der Waals surface area contributed by atoms with Gasteiger partial charge in [-0.3, -0.25) is 4.79 Å². The van der Waals surface area contributed by atoms with Crippen molar-refractivity contribution in [2.75, 3.05) is 6.54 Å². The normalized spacial score (nSPS) is 45.7. The number of imidazole rings is 1. The Morgan fingerprint density at radius 1 is 0.860 bits per heavy atom. The van der Waals surface area contributed by atoms with E-state index in [2.05, 4.69) is 51.4 Å². The molecule has 6 aliphatic carbocycles. The fourth-order valence-corrected chi connectivity index (χ4v) is 15.2. The number of fused-ring (bicyclic) bond motifs is 7. The Morgan fingerprint density at radius 2 is 1.66 bits per heavy atom. The van der Waals surface area contributed by atoms with Crippen molar-refractivity contribution in [1.29, 1.82) is 0 Å². The van der Waals surface area contributed by atoms with Crippen LogP contribution in [0, 0.1) is 67.9 Å². The molecular weight excluding hydrogens is 622 g/mol. The van der Waals surface area contributed by atoms with Gasteiger partial charge >= 0.3 is 0 Å². The molecule has 0 bridgehead atoms. The van der Waals surface area contributed by atoms with Crippen LogP contribution in [0.25, 0.3) is 11.3 Å². The van der Waals surface area contributed by atoms with Crippen molar-refractivity contribution in [2.45, 2.75) is 144 Å². The lowest BCUT2D eigenvalue weighted by Gasteiger charge is -2.73. The number of nitrogens with zero attached hydrogens (tertiary/aromatic N) is 2. The van der Waals surface area contributed by atoms with Crippen LogP contribution < -0.4 is 0 Å². The average molecular weight is 684 g/mol. The number of carbonyl (C=O) groups is 1. The first-order valence-electron chi connectivity index (χ1n) is 20.5. The zero-order valence-electron chi connectivity index (χ0n) is 31.7. The fourth-order valence-electron chi connectivity index (χ4n) is 15.2. The molecule has 0 radical (unpaired) electrons. The molecule has 6 saturated carbocycles. The minimum Gasteiger partial charge on any atom is -0.393 e. The minimum atomic E-state index is -0.276. The Morgan fingerprint density at radius 3 is 2.42 bits per heavy atom. The first kappa shape index (κ1) is 33.6. The second-order valence-electron chi connectivity index (χ2n) is 20.4. The number of carbonyl (C=O) groups excluding carboxylic acids is 1. The molecular formula is C44H62FN3O2. The first-order chi connectivity index (χ1) is 23.7. The predicted molar refractivity (Wildman–Crippen MR) is 195 cm³/mol. The Kier molecular flexibility index (Phi) is 7.34. The SMILES string of the molecule is CC1([C@@H]2CC[C@]3(C(=O)N4CCC[C@H]4c4ncc(-c5cccc(F)c5)[nH]4)CC[C@]4(C)[C@H](CC[C@@H]5[C@@]6(C)CC[C@H](O)C(C)(C)[C@@H]6CC[C@]54C)[C@@H]23)CC1. The van der Waals surface area contributed by atoms with Crippen LogP contribution in [0.3, 0.4) is 0 Å². The van der Waals surface area contributed by atoms with Gasteiger partial charge in [0.05, 0.1) is 29.5 Å². The zero-order chi connectivity index (χ0) is 35.1. The molecule has 9 rings (SSSR count). The smallest absolute Gasteiger partial charge is 0.229 e. The lowest BCUT2D eigenvalue weighted by atomic mass is 9.32. The molecule has 2 heterocycles. The van der Waals surface area contributed by atoms with Crippen molar-refractivity contribution < 1.29 is 14.3 Å². The number of halogens is 1. The van der Waals surface area contributed by atoms with Crippen LogP contribution in [0.1, 0.15) is 143 Å². The molecule has 1 aromatic heterocycles. The van der Waals surface area contributed by atoms with Crippen molar-refractivity contribution in [3.63, 3.8) is 0 Å². The summed E-state index contributed by atoms with van der Waals surface area (Å²) in [4.78, 5) is 26.1. The Balaban J connectivity index is 1.05. The van der Waals surface area contributed by atoms with Crippen molar-refractivity contribution in [3.05, 3.63) is 42.1 Å². The van der Waals surface area contributed by atoms with Crippen LogP contribution >= 0.6 is 0 Å². The van der Waals surface area contributed by atoms with Gasteiger partial charge < -0.3 is 15.0 Å². The molecule has 50 heavy (non-hydrogen) atoms. The van der Waals surface area contributed by atoms with Crippen LogP contribution in [0.15, 0.2) is 30.5 Å². The van der Waals surface area contributed by atoms with Gasteiger partial charge in [0.25, 0.3) is 0 Å². The second kappa shape index (κ2) is 10.9. The van der Waals surface area contributed by atoms with E-state index in [4.69, 9.17) is 4.98 Å². The molecule has 0 spiro atoms. The molecule has 272 valence electrons. The molecule has 1 aliphatic heterocycles. The van der Waals surface area contributed by atoms with Crippen molar-refractivity contribution in [2.24, 2.45) is 62.1 Å². The van der Waals surface area contributed by atoms with E-state index in [9.17, 15) is 9.50 Å². The van der Waals surface area contributed by atoms with Crippen LogP contribution in [0.2, 0.25) is 0 Å². The van der Waals surface area contributed by atoms with Crippen molar-refractivity contribution in [3.8, 4) is 11.3 Å². The molecule has 7 aliphatic rings. The number of amides is 1. The number of benzene rings is 1. The number of aromatic amines is 1. The highest BCUT2D eigenvalue weighted by molar-refractivity contribution is 5.84. The zero-order valence-corrected chi connectivity index (χ0v) is 31.7. The third-order valence-corrected chi connectivity index (χ3v) is 18.3. The summed E-state index contributed by atoms with van der Waals surface area (Å²) in [5, 5.41) is 11.2. The van der Waals surface area contributed by atoms with Crippen LogP contribution in [0.4, 0.5) is 4.39 Å². The van der Waals surface area contributed by atoms with Crippen LogP contribution in [-0.2, 0) is 4.79 Å². The van der Waals surface area contributed by atoms with Gasteiger partial charge in [-0.1, -0.05) is 53.7 Å². The van der Waals surface area contributed by atoms with Gasteiger partial charge in [0.2, 0.25) is 5.91 Å². The number of H-pyrrole nitrogens is 1. The molecule has 2 N–H and O–H groups in total. The highest BCUT2D eigenvalue weighted by atomic mass is 19.1. The highest BCUT2D eigenvalue weighted by Crippen LogP contribution is 2.79. The monoisotopic (exact) mass is 683 g/mol. The van der Waals surface area contributed by atoms with Gasteiger partial charge in [0.15, 0.2) is 0 Å². The summed E-state index contributed by atoms with van der Waals surface area (Å²) in [6.07, 6.45) is 17.7. The number of hydrogen-bond acceptors (Lipinski definition) is 3. The van der Waals surface area contributed by atoms with E-state index in [1.807, 2.05) is 12.3 Å². The number of nitrogens with one attached hydrogen (secondary N) is 1. The first-order valence-corrected chi connectivity index (χ1v) is 20.5. The standard InChI is InChI=1S/C44H62FN3O2/c1-39(2)33-15-18-43(6)34(41(33,4)17-16-35(39)49)13-12-30-36-29(40(3)20-21-40)14-19-44(36,23-22-42(30,43)5)38(50)48-24-8-11-32(48)37-46-26-31(47-37)27-9-7-10-28(45)25-27/h7,9-10,25-26,29-30,32-36,49H,8,11-24H2,1-6H3,(H,46,47)/t29-,30-,32+,33+,34-,35+,36-,41+,42-,43-,44+/m1/s1. The number of aliphatic hydroxyl groups is 1. The fraction of sp³-hybridized carbons (Fsp3) is 0.773. The molecule has 1 saturated heterocycles. The summed E-state index contributed by atoms with van der Waals surface area (Å²) >= 11 is 0. The number of hydrogen-bond donors (Lipinski definition) is 2. The molecule has 0 unspecified atom stereocenters. The summed E-state index contributed by atoms with van der Waals surface area (Å²) in [5.74, 6) is 3.94. The predicted octanol–water partition coefficient (Wildman–Crippen LogP) is 10.1. The maximum absolute atomic E-state index is 15.5. The van der Waals surface area contributed by atoms with Gasteiger partial charge in [-0.05, 0) is 159 Å². The maximum Gasteiger partial charge on any atom is 0.229 e.